The minimum absolute atomic E-state index is 0.159. The Morgan fingerprint density at radius 2 is 1.67 bits per heavy atom. The molecule has 0 unspecified atom stereocenters. The number of hydrogen-bond donors (Lipinski definition) is 0. The number of anilines is 1. The second kappa shape index (κ2) is 6.62. The van der Waals surface area contributed by atoms with E-state index in [-0.39, 0.29) is 21.8 Å². The molecule has 30 heavy (non-hydrogen) atoms. The number of imide groups is 1. The zero-order valence-corrected chi connectivity index (χ0v) is 16.9. The van der Waals surface area contributed by atoms with Gasteiger partial charge in [0.1, 0.15) is 5.82 Å². The fourth-order valence-electron chi connectivity index (χ4n) is 3.58. The molecule has 9 heteroatoms. The SMILES string of the molecule is Cc1nn(-c2ccc(Cl)cc2)c2ncc3c(c12)C(=O)N(c1ccc(F)c(Cl)c1)C3=O. The van der Waals surface area contributed by atoms with Gasteiger partial charge in [0.2, 0.25) is 0 Å². The summed E-state index contributed by atoms with van der Waals surface area (Å²) >= 11 is 11.8. The number of amides is 2. The summed E-state index contributed by atoms with van der Waals surface area (Å²) in [5.74, 6) is -1.73. The summed E-state index contributed by atoms with van der Waals surface area (Å²) in [5, 5.41) is 5.39. The first-order valence-corrected chi connectivity index (χ1v) is 9.60. The van der Waals surface area contributed by atoms with Gasteiger partial charge < -0.3 is 0 Å². The van der Waals surface area contributed by atoms with Crippen LogP contribution in [0.15, 0.2) is 48.7 Å². The Bertz CT molecular complexity index is 1380. The second-order valence-corrected chi connectivity index (χ2v) is 7.61. The molecule has 5 rings (SSSR count). The van der Waals surface area contributed by atoms with Crippen LogP contribution in [0.5, 0.6) is 0 Å². The monoisotopic (exact) mass is 440 g/mol. The zero-order valence-electron chi connectivity index (χ0n) is 15.4. The number of nitrogens with zero attached hydrogens (tertiary/aromatic N) is 4. The molecule has 0 radical (unpaired) electrons. The van der Waals surface area contributed by atoms with Gasteiger partial charge in [-0.05, 0) is 49.4 Å². The average Bonchev–Trinajstić information content (AvgIpc) is 3.19. The number of aromatic nitrogens is 3. The Morgan fingerprint density at radius 3 is 2.37 bits per heavy atom. The van der Waals surface area contributed by atoms with Crippen LogP contribution in [0.4, 0.5) is 10.1 Å². The number of fused-ring (bicyclic) bond motifs is 3. The first kappa shape index (κ1) is 18.7. The highest BCUT2D eigenvalue weighted by Crippen LogP contribution is 2.35. The van der Waals surface area contributed by atoms with Crippen LogP contribution in [0.1, 0.15) is 26.4 Å². The van der Waals surface area contributed by atoms with Crippen molar-refractivity contribution in [3.05, 3.63) is 81.3 Å². The molecule has 4 aromatic rings. The number of pyridine rings is 1. The minimum atomic E-state index is -0.638. The van der Waals surface area contributed by atoms with Crippen LogP contribution in [-0.2, 0) is 0 Å². The first-order chi connectivity index (χ1) is 14.4. The lowest BCUT2D eigenvalue weighted by Crippen LogP contribution is -2.29. The molecule has 148 valence electrons. The minimum Gasteiger partial charge on any atom is -0.268 e. The summed E-state index contributed by atoms with van der Waals surface area (Å²) in [4.78, 5) is 31.6. The van der Waals surface area contributed by atoms with E-state index >= 15 is 0 Å². The van der Waals surface area contributed by atoms with E-state index in [1.165, 1.54) is 18.3 Å². The van der Waals surface area contributed by atoms with E-state index in [2.05, 4.69) is 10.1 Å². The highest BCUT2D eigenvalue weighted by molar-refractivity contribution is 6.38. The largest absolute Gasteiger partial charge is 0.268 e. The zero-order chi connectivity index (χ0) is 21.2. The molecule has 6 nitrogen and oxygen atoms in total. The van der Waals surface area contributed by atoms with Crippen molar-refractivity contribution in [3.63, 3.8) is 0 Å². The molecule has 2 aromatic carbocycles. The number of carbonyl (C=O) groups is 2. The fraction of sp³-hybridized carbons (Fsp3) is 0.0476. The van der Waals surface area contributed by atoms with Gasteiger partial charge in [-0.25, -0.2) is 19.0 Å². The summed E-state index contributed by atoms with van der Waals surface area (Å²) < 4.78 is 15.1. The lowest BCUT2D eigenvalue weighted by molar-refractivity contribution is 0.0926. The van der Waals surface area contributed by atoms with Crippen molar-refractivity contribution in [3.8, 4) is 5.69 Å². The van der Waals surface area contributed by atoms with E-state index in [0.29, 0.717) is 27.4 Å². The van der Waals surface area contributed by atoms with E-state index in [4.69, 9.17) is 23.2 Å². The topological polar surface area (TPSA) is 68.1 Å². The number of rotatable bonds is 2. The van der Waals surface area contributed by atoms with Gasteiger partial charge in [-0.2, -0.15) is 5.10 Å². The maximum Gasteiger partial charge on any atom is 0.267 e. The first-order valence-electron chi connectivity index (χ1n) is 8.85. The van der Waals surface area contributed by atoms with Gasteiger partial charge in [0.05, 0.1) is 38.6 Å². The molecule has 2 aromatic heterocycles. The third-order valence-corrected chi connectivity index (χ3v) is 5.50. The van der Waals surface area contributed by atoms with Crippen LogP contribution < -0.4 is 4.90 Å². The molecule has 0 atom stereocenters. The molecule has 0 saturated heterocycles. The van der Waals surface area contributed by atoms with Crippen LogP contribution >= 0.6 is 23.2 Å². The molecule has 1 aliphatic rings. The normalized spacial score (nSPS) is 13.4. The van der Waals surface area contributed by atoms with E-state index in [9.17, 15) is 14.0 Å². The van der Waals surface area contributed by atoms with E-state index in [1.54, 1.807) is 35.9 Å². The van der Waals surface area contributed by atoms with Crippen molar-refractivity contribution in [1.29, 1.82) is 0 Å². The Balaban J connectivity index is 1.70. The molecule has 0 N–H and O–H groups in total. The number of hydrogen-bond acceptors (Lipinski definition) is 4. The molecular weight excluding hydrogens is 430 g/mol. The predicted molar refractivity (Wildman–Crippen MR) is 111 cm³/mol. The quantitative estimate of drug-likeness (QED) is 0.412. The van der Waals surface area contributed by atoms with E-state index in [1.807, 2.05) is 0 Å². The summed E-state index contributed by atoms with van der Waals surface area (Å²) in [6.07, 6.45) is 1.36. The lowest BCUT2D eigenvalue weighted by Gasteiger charge is -2.14. The number of aryl methyl sites for hydroxylation is 1. The molecule has 3 heterocycles. The van der Waals surface area contributed by atoms with Crippen molar-refractivity contribution in [1.82, 2.24) is 14.8 Å². The van der Waals surface area contributed by atoms with Gasteiger partial charge in [-0.15, -0.1) is 0 Å². The smallest absolute Gasteiger partial charge is 0.267 e. The molecule has 0 aliphatic carbocycles. The summed E-state index contributed by atoms with van der Waals surface area (Å²) in [5.41, 5.74) is 2.25. The molecule has 0 saturated carbocycles. The van der Waals surface area contributed by atoms with Crippen molar-refractivity contribution in [2.45, 2.75) is 6.92 Å². The van der Waals surface area contributed by atoms with Crippen LogP contribution in [-0.4, -0.2) is 26.6 Å². The maximum absolute atomic E-state index is 13.5. The number of carbonyl (C=O) groups excluding carboxylic acids is 2. The highest BCUT2D eigenvalue weighted by atomic mass is 35.5. The Morgan fingerprint density at radius 1 is 0.967 bits per heavy atom. The van der Waals surface area contributed by atoms with Gasteiger partial charge in [0.15, 0.2) is 5.65 Å². The second-order valence-electron chi connectivity index (χ2n) is 6.76. The van der Waals surface area contributed by atoms with Gasteiger partial charge in [0, 0.05) is 11.2 Å². The Labute approximate surface area is 179 Å². The van der Waals surface area contributed by atoms with Crippen LogP contribution in [0.3, 0.4) is 0 Å². The van der Waals surface area contributed by atoms with Gasteiger partial charge in [-0.3, -0.25) is 9.59 Å². The summed E-state index contributed by atoms with van der Waals surface area (Å²) in [7, 11) is 0. The van der Waals surface area contributed by atoms with Crippen molar-refractivity contribution in [2.75, 3.05) is 4.90 Å². The molecule has 1 aliphatic heterocycles. The van der Waals surface area contributed by atoms with Crippen LogP contribution in [0.2, 0.25) is 10.0 Å². The highest BCUT2D eigenvalue weighted by Gasteiger charge is 2.40. The Kier molecular flexibility index (Phi) is 4.13. The number of benzene rings is 2. The molecule has 0 fully saturated rings. The van der Waals surface area contributed by atoms with Crippen LogP contribution in [0.25, 0.3) is 16.7 Å². The molecule has 0 bridgehead atoms. The standard InChI is InChI=1S/C21H11Cl2FN4O2/c1-10-17-18-14(9-25-19(17)28(26-10)12-4-2-11(22)3-5-12)20(29)27(21(18)30)13-6-7-16(24)15(23)8-13/h2-9H,1H3. The fourth-order valence-corrected chi connectivity index (χ4v) is 3.88. The van der Waals surface area contributed by atoms with Gasteiger partial charge in [0.25, 0.3) is 11.8 Å². The summed E-state index contributed by atoms with van der Waals surface area (Å²) in [6.45, 7) is 1.74. The van der Waals surface area contributed by atoms with E-state index in [0.717, 1.165) is 11.0 Å². The Hall–Kier alpha value is -3.29. The third kappa shape index (κ3) is 2.63. The molecule has 2 amide bonds. The maximum atomic E-state index is 13.5. The molecular formula is C21H11Cl2FN4O2. The van der Waals surface area contributed by atoms with Crippen molar-refractivity contribution >= 4 is 51.7 Å². The lowest BCUT2D eigenvalue weighted by atomic mass is 10.1. The average molecular weight is 441 g/mol. The van der Waals surface area contributed by atoms with Crippen molar-refractivity contribution < 1.29 is 14.0 Å². The van der Waals surface area contributed by atoms with Crippen molar-refractivity contribution in [2.24, 2.45) is 0 Å². The van der Waals surface area contributed by atoms with Gasteiger partial charge in [-0.1, -0.05) is 23.2 Å². The van der Waals surface area contributed by atoms with Gasteiger partial charge >= 0.3 is 0 Å². The predicted octanol–water partition coefficient (Wildman–Crippen LogP) is 4.98. The van der Waals surface area contributed by atoms with E-state index < -0.39 is 17.6 Å². The summed E-state index contributed by atoms with van der Waals surface area (Å²) in [6, 6.07) is 10.7. The van der Waals surface area contributed by atoms with Crippen LogP contribution in [0, 0.1) is 12.7 Å². The molecule has 0 spiro atoms. The third-order valence-electron chi connectivity index (χ3n) is 4.95. The number of halogens is 3.